The summed E-state index contributed by atoms with van der Waals surface area (Å²) in [6.45, 7) is 3.70. The number of nitrogens with two attached hydrogens (primary N) is 1. The number of hydrogen-bond acceptors (Lipinski definition) is 2. The minimum absolute atomic E-state index is 0.0806. The van der Waals surface area contributed by atoms with Crippen LogP contribution in [0, 0.1) is 0 Å². The summed E-state index contributed by atoms with van der Waals surface area (Å²) >= 11 is 0. The maximum Gasteiger partial charge on any atom is 0.248 e. The lowest BCUT2D eigenvalue weighted by atomic mass is 9.93. The van der Waals surface area contributed by atoms with E-state index < -0.39 is 5.91 Å². The van der Waals surface area contributed by atoms with Gasteiger partial charge in [-0.05, 0) is 60.7 Å². The first kappa shape index (κ1) is 15.3. The molecular formula is C19H20N2O2. The van der Waals surface area contributed by atoms with Crippen LogP contribution in [0.15, 0.2) is 42.5 Å². The molecule has 4 heteroatoms. The molecule has 3 rings (SSSR count). The summed E-state index contributed by atoms with van der Waals surface area (Å²) in [4.78, 5) is 24.9. The molecule has 1 atom stereocenters. The quantitative estimate of drug-likeness (QED) is 0.926. The molecule has 2 N–H and O–H groups in total. The number of nitrogens with zero attached hydrogens (tertiary/aromatic N) is 1. The van der Waals surface area contributed by atoms with Crippen LogP contribution in [0.4, 0.5) is 5.69 Å². The molecule has 0 radical (unpaired) electrons. The van der Waals surface area contributed by atoms with E-state index in [1.54, 1.807) is 19.1 Å². The number of amides is 2. The van der Waals surface area contributed by atoms with Gasteiger partial charge in [-0.25, -0.2) is 0 Å². The van der Waals surface area contributed by atoms with E-state index in [9.17, 15) is 9.59 Å². The molecule has 0 saturated heterocycles. The first-order valence-corrected chi connectivity index (χ1v) is 7.80. The molecule has 1 aliphatic rings. The Balaban J connectivity index is 1.98. The van der Waals surface area contributed by atoms with Gasteiger partial charge in [-0.15, -0.1) is 0 Å². The first-order chi connectivity index (χ1) is 11.0. The van der Waals surface area contributed by atoms with E-state index in [0.29, 0.717) is 5.56 Å². The Kier molecular flexibility index (Phi) is 3.90. The number of primary amides is 1. The number of hydrogen-bond donors (Lipinski definition) is 1. The molecule has 0 aromatic heterocycles. The lowest BCUT2D eigenvalue weighted by Gasteiger charge is -2.34. The summed E-state index contributed by atoms with van der Waals surface area (Å²) in [6.07, 6.45) is 1.93. The predicted octanol–water partition coefficient (Wildman–Crippen LogP) is 3.14. The van der Waals surface area contributed by atoms with Crippen LogP contribution >= 0.6 is 0 Å². The number of rotatable bonds is 2. The van der Waals surface area contributed by atoms with Gasteiger partial charge in [0.2, 0.25) is 11.8 Å². The average molecular weight is 308 g/mol. The highest BCUT2D eigenvalue weighted by atomic mass is 16.2. The maximum atomic E-state index is 11.9. The Morgan fingerprint density at radius 2 is 1.74 bits per heavy atom. The molecule has 0 spiro atoms. The third kappa shape index (κ3) is 2.84. The van der Waals surface area contributed by atoms with Crippen molar-refractivity contribution in [3.8, 4) is 11.1 Å². The van der Waals surface area contributed by atoms with Gasteiger partial charge in [0.1, 0.15) is 0 Å². The van der Waals surface area contributed by atoms with E-state index >= 15 is 0 Å². The van der Waals surface area contributed by atoms with Gasteiger partial charge in [0.05, 0.1) is 0 Å². The van der Waals surface area contributed by atoms with Crippen LogP contribution in [-0.4, -0.2) is 17.9 Å². The van der Waals surface area contributed by atoms with Crippen molar-refractivity contribution in [2.24, 2.45) is 5.73 Å². The molecule has 23 heavy (non-hydrogen) atoms. The monoisotopic (exact) mass is 308 g/mol. The van der Waals surface area contributed by atoms with Crippen LogP contribution in [0.5, 0.6) is 0 Å². The largest absolute Gasteiger partial charge is 0.366 e. The van der Waals surface area contributed by atoms with Gasteiger partial charge >= 0.3 is 0 Å². The molecular weight excluding hydrogens is 288 g/mol. The van der Waals surface area contributed by atoms with E-state index in [0.717, 1.165) is 29.7 Å². The summed E-state index contributed by atoms with van der Waals surface area (Å²) in [7, 11) is 0. The van der Waals surface area contributed by atoms with Crippen LogP contribution in [-0.2, 0) is 11.2 Å². The highest BCUT2D eigenvalue weighted by Crippen LogP contribution is 2.34. The molecule has 0 aliphatic carbocycles. The van der Waals surface area contributed by atoms with E-state index in [1.165, 1.54) is 5.56 Å². The van der Waals surface area contributed by atoms with Crippen molar-refractivity contribution in [3.63, 3.8) is 0 Å². The average Bonchev–Trinajstić information content (AvgIpc) is 2.54. The fourth-order valence-corrected chi connectivity index (χ4v) is 3.24. The van der Waals surface area contributed by atoms with Gasteiger partial charge in [-0.3, -0.25) is 9.59 Å². The van der Waals surface area contributed by atoms with Gasteiger partial charge < -0.3 is 10.6 Å². The zero-order valence-electron chi connectivity index (χ0n) is 13.4. The van der Waals surface area contributed by atoms with Crippen LogP contribution in [0.2, 0.25) is 0 Å². The minimum atomic E-state index is -0.423. The van der Waals surface area contributed by atoms with Gasteiger partial charge in [0.25, 0.3) is 0 Å². The summed E-state index contributed by atoms with van der Waals surface area (Å²) in [5, 5.41) is 0. The first-order valence-electron chi connectivity index (χ1n) is 7.80. The molecule has 118 valence electrons. The third-order valence-corrected chi connectivity index (χ3v) is 4.45. The molecule has 4 nitrogen and oxygen atoms in total. The lowest BCUT2D eigenvalue weighted by molar-refractivity contribution is -0.117. The number of benzene rings is 2. The molecule has 0 saturated carbocycles. The smallest absolute Gasteiger partial charge is 0.248 e. The zero-order valence-corrected chi connectivity index (χ0v) is 13.4. The van der Waals surface area contributed by atoms with Crippen molar-refractivity contribution in [1.82, 2.24) is 0 Å². The standard InChI is InChI=1S/C19H20N2O2/c1-12-3-4-17-11-16(9-10-18(17)21(12)13(2)22)14-5-7-15(8-6-14)19(20)23/h5-12H,3-4H2,1-2H3,(H2,20,23)/t12-/m0/s1. The second kappa shape index (κ2) is 5.88. The topological polar surface area (TPSA) is 63.4 Å². The molecule has 1 aliphatic heterocycles. The van der Waals surface area contributed by atoms with Crippen molar-refractivity contribution in [2.45, 2.75) is 32.7 Å². The molecule has 0 unspecified atom stereocenters. The Hall–Kier alpha value is -2.62. The summed E-state index contributed by atoms with van der Waals surface area (Å²) < 4.78 is 0. The second-order valence-corrected chi connectivity index (χ2v) is 6.06. The maximum absolute atomic E-state index is 11.9. The molecule has 0 fully saturated rings. The minimum Gasteiger partial charge on any atom is -0.366 e. The Labute approximate surface area is 135 Å². The van der Waals surface area contributed by atoms with Crippen molar-refractivity contribution in [1.29, 1.82) is 0 Å². The van der Waals surface area contributed by atoms with Gasteiger partial charge in [-0.2, -0.15) is 0 Å². The van der Waals surface area contributed by atoms with Gasteiger partial charge in [0.15, 0.2) is 0 Å². The van der Waals surface area contributed by atoms with Crippen LogP contribution < -0.4 is 10.6 Å². The van der Waals surface area contributed by atoms with E-state index in [-0.39, 0.29) is 11.9 Å². The van der Waals surface area contributed by atoms with E-state index in [2.05, 4.69) is 13.0 Å². The number of aryl methyl sites for hydroxylation is 1. The zero-order chi connectivity index (χ0) is 16.6. The Morgan fingerprint density at radius 3 is 2.35 bits per heavy atom. The summed E-state index contributed by atoms with van der Waals surface area (Å²) in [5.41, 5.74) is 10.1. The normalized spacial score (nSPS) is 16.8. The van der Waals surface area contributed by atoms with E-state index in [1.807, 2.05) is 29.2 Å². The van der Waals surface area contributed by atoms with Crippen LogP contribution in [0.1, 0.15) is 36.2 Å². The lowest BCUT2D eigenvalue weighted by Crippen LogP contribution is -2.40. The molecule has 0 bridgehead atoms. The number of anilines is 1. The van der Waals surface area contributed by atoms with Crippen LogP contribution in [0.25, 0.3) is 11.1 Å². The predicted molar refractivity (Wildman–Crippen MR) is 91.3 cm³/mol. The van der Waals surface area contributed by atoms with Crippen molar-refractivity contribution in [3.05, 3.63) is 53.6 Å². The van der Waals surface area contributed by atoms with Crippen molar-refractivity contribution >= 4 is 17.5 Å². The highest BCUT2D eigenvalue weighted by molar-refractivity contribution is 5.94. The number of fused-ring (bicyclic) bond motifs is 1. The molecule has 2 aromatic rings. The molecule has 2 aromatic carbocycles. The molecule has 2 amide bonds. The third-order valence-electron chi connectivity index (χ3n) is 4.45. The summed E-state index contributed by atoms with van der Waals surface area (Å²) in [5.74, 6) is -0.343. The van der Waals surface area contributed by atoms with Crippen molar-refractivity contribution in [2.75, 3.05) is 4.90 Å². The summed E-state index contributed by atoms with van der Waals surface area (Å²) in [6, 6.07) is 13.7. The van der Waals surface area contributed by atoms with E-state index in [4.69, 9.17) is 5.73 Å². The van der Waals surface area contributed by atoms with Crippen molar-refractivity contribution < 1.29 is 9.59 Å². The molecule has 1 heterocycles. The number of carbonyl (C=O) groups excluding carboxylic acids is 2. The van der Waals surface area contributed by atoms with Crippen LogP contribution in [0.3, 0.4) is 0 Å². The Morgan fingerprint density at radius 1 is 1.09 bits per heavy atom. The second-order valence-electron chi connectivity index (χ2n) is 6.06. The Bertz CT molecular complexity index is 765. The van der Waals surface area contributed by atoms with Gasteiger partial charge in [0, 0.05) is 24.2 Å². The highest BCUT2D eigenvalue weighted by Gasteiger charge is 2.26. The fraction of sp³-hybridized carbons (Fsp3) is 0.263. The van der Waals surface area contributed by atoms with Gasteiger partial charge in [-0.1, -0.05) is 18.2 Å². The SMILES string of the molecule is CC(=O)N1c2ccc(-c3ccc(C(N)=O)cc3)cc2CC[C@@H]1C. The number of carbonyl (C=O) groups is 2. The fourth-order valence-electron chi connectivity index (χ4n) is 3.24.